The number of hydrogen-bond acceptors (Lipinski definition) is 1. The third-order valence-electron chi connectivity index (χ3n) is 4.25. The lowest BCUT2D eigenvalue weighted by atomic mass is 9.77. The second-order valence-electron chi connectivity index (χ2n) is 5.99. The molecule has 1 aliphatic rings. The van der Waals surface area contributed by atoms with Crippen LogP contribution in [0.4, 0.5) is 18.9 Å². The minimum absolute atomic E-state index is 0.146. The summed E-state index contributed by atoms with van der Waals surface area (Å²) < 4.78 is 39.1. The molecule has 1 nitrogen and oxygen atoms in total. The number of halogens is 3. The number of benzene rings is 1. The van der Waals surface area contributed by atoms with Crippen molar-refractivity contribution in [3.8, 4) is 0 Å². The maximum absolute atomic E-state index is 13.0. The smallest absolute Gasteiger partial charge is 0.382 e. The van der Waals surface area contributed by atoms with Gasteiger partial charge in [0, 0.05) is 11.7 Å². The lowest BCUT2D eigenvalue weighted by molar-refractivity contribution is -0.137. The van der Waals surface area contributed by atoms with Gasteiger partial charge in [-0.3, -0.25) is 0 Å². The first-order chi connectivity index (χ1) is 9.39. The largest absolute Gasteiger partial charge is 0.418 e. The van der Waals surface area contributed by atoms with E-state index < -0.39 is 11.7 Å². The van der Waals surface area contributed by atoms with Crippen molar-refractivity contribution in [2.24, 2.45) is 11.8 Å². The van der Waals surface area contributed by atoms with E-state index in [0.29, 0.717) is 11.8 Å². The summed E-state index contributed by atoms with van der Waals surface area (Å²) in [6.45, 7) is 4.31. The van der Waals surface area contributed by atoms with Crippen LogP contribution in [-0.4, -0.2) is 6.04 Å². The predicted octanol–water partition coefficient (Wildman–Crippen LogP) is 5.33. The normalized spacial score (nSPS) is 23.9. The maximum atomic E-state index is 13.0. The van der Waals surface area contributed by atoms with E-state index in [1.54, 1.807) is 6.07 Å². The van der Waals surface area contributed by atoms with E-state index in [0.717, 1.165) is 25.3 Å². The Hall–Kier alpha value is -1.19. The fourth-order valence-electron chi connectivity index (χ4n) is 3.19. The van der Waals surface area contributed by atoms with Crippen molar-refractivity contribution < 1.29 is 13.2 Å². The van der Waals surface area contributed by atoms with Crippen LogP contribution in [0.1, 0.15) is 45.1 Å². The second-order valence-corrected chi connectivity index (χ2v) is 5.99. The van der Waals surface area contributed by atoms with E-state index in [2.05, 4.69) is 19.2 Å². The molecule has 1 N–H and O–H groups in total. The Morgan fingerprint density at radius 3 is 2.40 bits per heavy atom. The van der Waals surface area contributed by atoms with Gasteiger partial charge in [0.15, 0.2) is 0 Å². The molecule has 1 aromatic carbocycles. The zero-order chi connectivity index (χ0) is 14.8. The van der Waals surface area contributed by atoms with Gasteiger partial charge in [0.25, 0.3) is 0 Å². The zero-order valence-electron chi connectivity index (χ0n) is 12.0. The van der Waals surface area contributed by atoms with Gasteiger partial charge in [-0.25, -0.2) is 0 Å². The minimum atomic E-state index is -4.30. The summed E-state index contributed by atoms with van der Waals surface area (Å²) in [6.07, 6.45) is 0.0289. The van der Waals surface area contributed by atoms with Crippen LogP contribution in [-0.2, 0) is 6.18 Å². The lowest BCUT2D eigenvalue weighted by Gasteiger charge is -2.36. The summed E-state index contributed by atoms with van der Waals surface area (Å²) in [5.74, 6) is 0.941. The Labute approximate surface area is 118 Å². The molecule has 0 bridgehead atoms. The second kappa shape index (κ2) is 6.06. The van der Waals surface area contributed by atoms with E-state index in [1.165, 1.54) is 18.6 Å². The number of hydrogen-bond donors (Lipinski definition) is 1. The van der Waals surface area contributed by atoms with Gasteiger partial charge >= 0.3 is 6.18 Å². The Morgan fingerprint density at radius 1 is 1.10 bits per heavy atom. The molecular weight excluding hydrogens is 263 g/mol. The van der Waals surface area contributed by atoms with Crippen LogP contribution in [0, 0.1) is 11.8 Å². The molecule has 0 aliphatic heterocycles. The summed E-state index contributed by atoms with van der Waals surface area (Å²) in [5.41, 5.74) is -0.342. The van der Waals surface area contributed by atoms with Crippen molar-refractivity contribution in [3.63, 3.8) is 0 Å². The molecule has 1 fully saturated rings. The molecule has 2 rings (SSSR count). The SMILES string of the molecule is CC(C)C1CCCCC1Nc1ccccc1C(F)(F)F. The molecule has 2 atom stereocenters. The summed E-state index contributed by atoms with van der Waals surface area (Å²) in [6, 6.07) is 5.93. The first-order valence-corrected chi connectivity index (χ1v) is 7.32. The molecule has 1 aliphatic carbocycles. The summed E-state index contributed by atoms with van der Waals surface area (Å²) in [7, 11) is 0. The van der Waals surface area contributed by atoms with Crippen molar-refractivity contribution in [1.82, 2.24) is 0 Å². The Balaban J connectivity index is 2.20. The van der Waals surface area contributed by atoms with Crippen LogP contribution in [0.15, 0.2) is 24.3 Å². The molecule has 1 aromatic rings. The number of para-hydroxylation sites is 1. The minimum Gasteiger partial charge on any atom is -0.382 e. The average molecular weight is 285 g/mol. The van der Waals surface area contributed by atoms with Gasteiger partial charge < -0.3 is 5.32 Å². The van der Waals surface area contributed by atoms with Crippen LogP contribution < -0.4 is 5.32 Å². The molecule has 0 saturated heterocycles. The van der Waals surface area contributed by atoms with Crippen molar-refractivity contribution in [2.45, 2.75) is 51.7 Å². The highest BCUT2D eigenvalue weighted by molar-refractivity contribution is 5.53. The first-order valence-electron chi connectivity index (χ1n) is 7.32. The number of alkyl halides is 3. The van der Waals surface area contributed by atoms with Gasteiger partial charge in [0.2, 0.25) is 0 Å². The third-order valence-corrected chi connectivity index (χ3v) is 4.25. The topological polar surface area (TPSA) is 12.0 Å². The van der Waals surface area contributed by atoms with Crippen LogP contribution in [0.5, 0.6) is 0 Å². The van der Waals surface area contributed by atoms with E-state index in [-0.39, 0.29) is 11.7 Å². The molecule has 112 valence electrons. The van der Waals surface area contributed by atoms with Crippen molar-refractivity contribution in [1.29, 1.82) is 0 Å². The fourth-order valence-corrected chi connectivity index (χ4v) is 3.19. The Kier molecular flexibility index (Phi) is 4.61. The van der Waals surface area contributed by atoms with E-state index in [1.807, 2.05) is 0 Å². The molecule has 0 spiro atoms. The maximum Gasteiger partial charge on any atom is 0.418 e. The van der Waals surface area contributed by atoms with Gasteiger partial charge in [-0.05, 0) is 36.8 Å². The molecule has 0 amide bonds. The molecule has 0 aromatic heterocycles. The summed E-state index contributed by atoms with van der Waals surface area (Å²) in [4.78, 5) is 0. The van der Waals surface area contributed by atoms with Crippen molar-refractivity contribution in [2.75, 3.05) is 5.32 Å². The van der Waals surface area contributed by atoms with E-state index in [4.69, 9.17) is 0 Å². The van der Waals surface area contributed by atoms with Crippen LogP contribution in [0.3, 0.4) is 0 Å². The van der Waals surface area contributed by atoms with E-state index in [9.17, 15) is 13.2 Å². The lowest BCUT2D eigenvalue weighted by Crippen LogP contribution is -2.35. The molecule has 1 saturated carbocycles. The zero-order valence-corrected chi connectivity index (χ0v) is 12.0. The quantitative estimate of drug-likeness (QED) is 0.791. The predicted molar refractivity (Wildman–Crippen MR) is 75.7 cm³/mol. The highest BCUT2D eigenvalue weighted by Crippen LogP contribution is 2.37. The van der Waals surface area contributed by atoms with Gasteiger partial charge in [-0.2, -0.15) is 13.2 Å². The number of anilines is 1. The van der Waals surface area contributed by atoms with Crippen molar-refractivity contribution in [3.05, 3.63) is 29.8 Å². The third kappa shape index (κ3) is 3.47. The summed E-state index contributed by atoms with van der Waals surface area (Å²) in [5, 5.41) is 3.17. The number of rotatable bonds is 3. The Morgan fingerprint density at radius 2 is 1.75 bits per heavy atom. The highest BCUT2D eigenvalue weighted by atomic mass is 19.4. The van der Waals surface area contributed by atoms with Gasteiger partial charge in [-0.1, -0.05) is 38.8 Å². The molecule has 0 radical (unpaired) electrons. The molecular formula is C16H22F3N. The van der Waals surface area contributed by atoms with Crippen LogP contribution in [0.2, 0.25) is 0 Å². The average Bonchev–Trinajstić information content (AvgIpc) is 2.38. The first kappa shape index (κ1) is 15.2. The standard InChI is InChI=1S/C16H22F3N/c1-11(2)12-7-3-5-9-14(12)20-15-10-6-4-8-13(15)16(17,18)19/h4,6,8,10-12,14,20H,3,5,7,9H2,1-2H3. The van der Waals surface area contributed by atoms with Crippen LogP contribution >= 0.6 is 0 Å². The molecule has 20 heavy (non-hydrogen) atoms. The molecule has 4 heteroatoms. The van der Waals surface area contributed by atoms with E-state index >= 15 is 0 Å². The van der Waals surface area contributed by atoms with Gasteiger partial charge in [-0.15, -0.1) is 0 Å². The highest BCUT2D eigenvalue weighted by Gasteiger charge is 2.35. The Bertz CT molecular complexity index is 440. The van der Waals surface area contributed by atoms with Gasteiger partial charge in [0.1, 0.15) is 0 Å². The number of nitrogens with one attached hydrogen (secondary N) is 1. The summed E-state index contributed by atoms with van der Waals surface area (Å²) >= 11 is 0. The molecule has 0 heterocycles. The fraction of sp³-hybridized carbons (Fsp3) is 0.625. The van der Waals surface area contributed by atoms with Crippen molar-refractivity contribution >= 4 is 5.69 Å². The molecule has 2 unspecified atom stereocenters. The van der Waals surface area contributed by atoms with Crippen LogP contribution in [0.25, 0.3) is 0 Å². The van der Waals surface area contributed by atoms with Gasteiger partial charge in [0.05, 0.1) is 5.56 Å². The monoisotopic (exact) mass is 285 g/mol.